The first kappa shape index (κ1) is 29.5. The van der Waals surface area contributed by atoms with Crippen LogP contribution < -0.4 is 21.7 Å². The maximum absolute atomic E-state index is 12.8. The number of aliphatic carboxylic acids is 1. The molecule has 0 unspecified atom stereocenters. The number of carboxylic acid groups (broad SMARTS) is 1. The van der Waals surface area contributed by atoms with Crippen molar-refractivity contribution >= 4 is 30.0 Å². The average molecular weight is 457 g/mol. The van der Waals surface area contributed by atoms with Gasteiger partial charge >= 0.3 is 5.97 Å². The maximum atomic E-state index is 12.8. The molecule has 4 atom stereocenters. The van der Waals surface area contributed by atoms with Crippen LogP contribution in [0.3, 0.4) is 0 Å². The average Bonchev–Trinajstić information content (AvgIpc) is 2.64. The summed E-state index contributed by atoms with van der Waals surface area (Å²) in [5, 5.41) is 16.7. The zero-order valence-corrected chi connectivity index (χ0v) is 20.0. The molecule has 0 aliphatic heterocycles. The third-order valence-electron chi connectivity index (χ3n) is 4.63. The minimum atomic E-state index is -1.39. The van der Waals surface area contributed by atoms with Gasteiger partial charge in [-0.3, -0.25) is 19.2 Å². The van der Waals surface area contributed by atoms with Crippen LogP contribution in [0.25, 0.3) is 0 Å². The Morgan fingerprint density at radius 2 is 1.22 bits per heavy atom. The van der Waals surface area contributed by atoms with E-state index in [0.29, 0.717) is 19.1 Å². The van der Waals surface area contributed by atoms with Gasteiger partial charge in [0.15, 0.2) is 0 Å². The second kappa shape index (κ2) is 14.5. The second-order valence-electron chi connectivity index (χ2n) is 9.47. The molecular weight excluding hydrogens is 416 g/mol. The summed E-state index contributed by atoms with van der Waals surface area (Å²) in [7, 11) is 0. The first-order valence-corrected chi connectivity index (χ1v) is 11.1. The van der Waals surface area contributed by atoms with Crippen LogP contribution in [0.5, 0.6) is 0 Å². The highest BCUT2D eigenvalue weighted by Gasteiger charge is 2.31. The van der Waals surface area contributed by atoms with Crippen LogP contribution in [0.4, 0.5) is 0 Å². The van der Waals surface area contributed by atoms with E-state index in [-0.39, 0.29) is 24.2 Å². The summed E-state index contributed by atoms with van der Waals surface area (Å²) in [6.07, 6.45) is 1.07. The van der Waals surface area contributed by atoms with Gasteiger partial charge in [-0.05, 0) is 37.0 Å². The maximum Gasteiger partial charge on any atom is 0.305 e. The van der Waals surface area contributed by atoms with Gasteiger partial charge in [-0.15, -0.1) is 0 Å². The molecular formula is C22H40N4O6. The lowest BCUT2D eigenvalue weighted by molar-refractivity contribution is -0.141. The van der Waals surface area contributed by atoms with Crippen molar-refractivity contribution in [3.05, 3.63) is 0 Å². The minimum Gasteiger partial charge on any atom is -0.481 e. The van der Waals surface area contributed by atoms with Crippen molar-refractivity contribution in [2.75, 3.05) is 0 Å². The van der Waals surface area contributed by atoms with Crippen LogP contribution in [0.1, 0.15) is 67.2 Å². The number of carboxylic acids is 1. The minimum absolute atomic E-state index is 0.0257. The Labute approximate surface area is 190 Å². The largest absolute Gasteiger partial charge is 0.481 e. The third kappa shape index (κ3) is 12.4. The van der Waals surface area contributed by atoms with Crippen molar-refractivity contribution in [3.8, 4) is 0 Å². The lowest BCUT2D eigenvalue weighted by Gasteiger charge is -2.26. The molecule has 0 rings (SSSR count). The van der Waals surface area contributed by atoms with Crippen molar-refractivity contribution in [1.29, 1.82) is 0 Å². The SMILES string of the molecule is CC(C)C[C@@H](C=O)NC(=O)[C@H](CC(C)C)NC(=O)[C@H](CC(=O)O)NC(=O)[C@@H](N)CC(C)C. The molecule has 0 heterocycles. The highest BCUT2D eigenvalue weighted by molar-refractivity contribution is 5.95. The van der Waals surface area contributed by atoms with Gasteiger partial charge in [0, 0.05) is 0 Å². The Hall–Kier alpha value is -2.49. The van der Waals surface area contributed by atoms with Crippen molar-refractivity contribution < 1.29 is 29.1 Å². The van der Waals surface area contributed by atoms with E-state index >= 15 is 0 Å². The standard InChI is InChI=1S/C22H40N4O6/c1-12(2)7-15(11-27)24-21(31)17(9-14(5)6)26-22(32)18(10-19(28)29)25-20(30)16(23)8-13(3)4/h11-18H,7-10,23H2,1-6H3,(H,24,31)(H,25,30)(H,26,32)(H,28,29)/t15-,16-,17-,18-/m0/s1. The van der Waals surface area contributed by atoms with Crippen LogP contribution in [0.15, 0.2) is 0 Å². The Bertz CT molecular complexity index is 650. The molecule has 10 nitrogen and oxygen atoms in total. The molecule has 0 aromatic rings. The summed E-state index contributed by atoms with van der Waals surface area (Å²) < 4.78 is 0. The summed E-state index contributed by atoms with van der Waals surface area (Å²) in [5.41, 5.74) is 5.83. The predicted molar refractivity (Wildman–Crippen MR) is 120 cm³/mol. The predicted octanol–water partition coefficient (Wildman–Crippen LogP) is 0.580. The summed E-state index contributed by atoms with van der Waals surface area (Å²) >= 11 is 0. The van der Waals surface area contributed by atoms with Crippen LogP contribution in [-0.2, 0) is 24.0 Å². The van der Waals surface area contributed by atoms with Crippen molar-refractivity contribution in [1.82, 2.24) is 16.0 Å². The van der Waals surface area contributed by atoms with E-state index in [2.05, 4.69) is 16.0 Å². The number of carbonyl (C=O) groups excluding carboxylic acids is 4. The van der Waals surface area contributed by atoms with E-state index in [1.807, 2.05) is 41.5 Å². The molecule has 0 saturated heterocycles. The molecule has 6 N–H and O–H groups in total. The normalized spacial score (nSPS) is 15.1. The molecule has 0 fully saturated rings. The van der Waals surface area contributed by atoms with Gasteiger partial charge in [-0.1, -0.05) is 41.5 Å². The molecule has 0 radical (unpaired) electrons. The number of nitrogens with two attached hydrogens (primary N) is 1. The van der Waals surface area contributed by atoms with E-state index in [1.54, 1.807) is 0 Å². The number of aldehydes is 1. The summed E-state index contributed by atoms with van der Waals surface area (Å²) in [4.78, 5) is 60.4. The molecule has 0 bridgehead atoms. The third-order valence-corrected chi connectivity index (χ3v) is 4.63. The fourth-order valence-electron chi connectivity index (χ4n) is 3.19. The van der Waals surface area contributed by atoms with Crippen LogP contribution in [-0.4, -0.2) is 59.3 Å². The second-order valence-corrected chi connectivity index (χ2v) is 9.47. The molecule has 0 aromatic heterocycles. The van der Waals surface area contributed by atoms with Crippen LogP contribution >= 0.6 is 0 Å². The fourth-order valence-corrected chi connectivity index (χ4v) is 3.19. The Morgan fingerprint density at radius 3 is 1.66 bits per heavy atom. The zero-order valence-electron chi connectivity index (χ0n) is 20.0. The zero-order chi connectivity index (χ0) is 25.0. The van der Waals surface area contributed by atoms with E-state index in [1.165, 1.54) is 0 Å². The molecule has 32 heavy (non-hydrogen) atoms. The van der Waals surface area contributed by atoms with Gasteiger partial charge in [0.25, 0.3) is 0 Å². The number of carbonyl (C=O) groups is 5. The quantitative estimate of drug-likeness (QED) is 0.225. The Morgan fingerprint density at radius 1 is 0.750 bits per heavy atom. The van der Waals surface area contributed by atoms with Crippen LogP contribution in [0, 0.1) is 17.8 Å². The van der Waals surface area contributed by atoms with Crippen LogP contribution in [0.2, 0.25) is 0 Å². The Balaban J connectivity index is 5.42. The van der Waals surface area contributed by atoms with E-state index in [9.17, 15) is 29.1 Å². The number of rotatable bonds is 15. The summed E-state index contributed by atoms with van der Waals surface area (Å²) in [5.74, 6) is -2.93. The highest BCUT2D eigenvalue weighted by atomic mass is 16.4. The van der Waals surface area contributed by atoms with Crippen molar-refractivity contribution in [2.24, 2.45) is 23.5 Å². The monoisotopic (exact) mass is 456 g/mol. The van der Waals surface area contributed by atoms with Gasteiger partial charge < -0.3 is 31.6 Å². The van der Waals surface area contributed by atoms with Crippen molar-refractivity contribution in [2.45, 2.75) is 91.4 Å². The molecule has 0 aliphatic rings. The van der Waals surface area contributed by atoms with Gasteiger partial charge in [0.05, 0.1) is 18.5 Å². The van der Waals surface area contributed by atoms with Crippen molar-refractivity contribution in [3.63, 3.8) is 0 Å². The fraction of sp³-hybridized carbons (Fsp3) is 0.773. The number of hydrogen-bond acceptors (Lipinski definition) is 6. The van der Waals surface area contributed by atoms with Gasteiger partial charge in [0.1, 0.15) is 18.4 Å². The summed E-state index contributed by atoms with van der Waals surface area (Å²) in [6.45, 7) is 11.3. The molecule has 0 aliphatic carbocycles. The van der Waals surface area contributed by atoms with E-state index in [0.717, 1.165) is 0 Å². The number of amides is 3. The first-order chi connectivity index (χ1) is 14.8. The van der Waals surface area contributed by atoms with Gasteiger partial charge in [0.2, 0.25) is 17.7 Å². The number of hydrogen-bond donors (Lipinski definition) is 5. The molecule has 10 heteroatoms. The van der Waals surface area contributed by atoms with E-state index in [4.69, 9.17) is 5.73 Å². The smallest absolute Gasteiger partial charge is 0.305 e. The van der Waals surface area contributed by atoms with E-state index < -0.39 is 54.3 Å². The first-order valence-electron chi connectivity index (χ1n) is 11.1. The lowest BCUT2D eigenvalue weighted by atomic mass is 10.00. The highest BCUT2D eigenvalue weighted by Crippen LogP contribution is 2.09. The molecule has 0 aromatic carbocycles. The molecule has 0 spiro atoms. The topological polar surface area (TPSA) is 168 Å². The molecule has 0 saturated carbocycles. The molecule has 3 amide bonds. The van der Waals surface area contributed by atoms with Gasteiger partial charge in [-0.2, -0.15) is 0 Å². The molecule has 184 valence electrons. The Kier molecular flexibility index (Phi) is 13.4. The lowest BCUT2D eigenvalue weighted by Crippen LogP contribution is -2.57. The number of nitrogens with one attached hydrogen (secondary N) is 3. The van der Waals surface area contributed by atoms with Gasteiger partial charge in [-0.25, -0.2) is 0 Å². The summed E-state index contributed by atoms with van der Waals surface area (Å²) in [6, 6.07) is -3.97.